The number of imide groups is 1. The maximum Gasteiger partial charge on any atom is 0.369 e. The summed E-state index contributed by atoms with van der Waals surface area (Å²) in [7, 11) is 0. The van der Waals surface area contributed by atoms with Gasteiger partial charge in [0.05, 0.1) is 21.2 Å². The van der Waals surface area contributed by atoms with Crippen LogP contribution in [0.25, 0.3) is 11.3 Å². The van der Waals surface area contributed by atoms with Crippen LogP contribution < -0.4 is 0 Å². The number of hydrogen-bond acceptors (Lipinski definition) is 6. The van der Waals surface area contributed by atoms with Crippen molar-refractivity contribution in [1.29, 1.82) is 0 Å². The minimum absolute atomic E-state index is 0.0587. The van der Waals surface area contributed by atoms with Crippen molar-refractivity contribution in [1.82, 2.24) is 10.2 Å². The zero-order valence-corrected chi connectivity index (χ0v) is 17.3. The van der Waals surface area contributed by atoms with Crippen LogP contribution in [-0.4, -0.2) is 28.0 Å². The predicted octanol–water partition coefficient (Wildman–Crippen LogP) is 5.14. The van der Waals surface area contributed by atoms with Crippen molar-refractivity contribution < 1.29 is 23.7 Å². The lowest BCUT2D eigenvalue weighted by atomic mass is 10.0. The largest absolute Gasteiger partial charge is 0.369 e. The van der Waals surface area contributed by atoms with E-state index in [1.807, 2.05) is 0 Å². The summed E-state index contributed by atoms with van der Waals surface area (Å²) >= 11 is 12.5. The quantitative estimate of drug-likeness (QED) is 0.517. The number of rotatable bonds is 4. The third kappa shape index (κ3) is 3.16. The van der Waals surface area contributed by atoms with Crippen molar-refractivity contribution in [2.75, 3.05) is 0 Å². The Morgan fingerprint density at radius 2 is 1.57 bits per heavy atom. The number of carbonyl (C=O) groups is 3. The molecule has 1 aromatic heterocycles. The van der Waals surface area contributed by atoms with E-state index in [0.29, 0.717) is 5.06 Å². The number of hydrogen-bond donors (Lipinski definition) is 0. The third-order valence-corrected chi connectivity index (χ3v) is 5.21. The van der Waals surface area contributed by atoms with E-state index in [2.05, 4.69) is 5.16 Å². The van der Waals surface area contributed by atoms with Gasteiger partial charge in [0, 0.05) is 11.5 Å². The zero-order chi connectivity index (χ0) is 21.6. The van der Waals surface area contributed by atoms with E-state index in [0.717, 1.165) is 0 Å². The van der Waals surface area contributed by atoms with Crippen molar-refractivity contribution in [3.8, 4) is 11.3 Å². The predicted molar refractivity (Wildman–Crippen MR) is 108 cm³/mol. The van der Waals surface area contributed by atoms with E-state index in [4.69, 9.17) is 32.6 Å². The van der Waals surface area contributed by atoms with Gasteiger partial charge < -0.3 is 9.36 Å². The number of carbonyl (C=O) groups excluding carboxylic acids is 3. The second-order valence-electron chi connectivity index (χ2n) is 6.85. The summed E-state index contributed by atoms with van der Waals surface area (Å²) in [6.07, 6.45) is 0. The van der Waals surface area contributed by atoms with Gasteiger partial charge in [-0.3, -0.25) is 9.59 Å². The summed E-state index contributed by atoms with van der Waals surface area (Å²) in [5, 5.41) is 4.90. The minimum Gasteiger partial charge on any atom is -0.360 e. The van der Waals surface area contributed by atoms with Gasteiger partial charge in [0.25, 0.3) is 11.8 Å². The maximum atomic E-state index is 13.1. The Bertz CT molecular complexity index is 1150. The lowest BCUT2D eigenvalue weighted by Crippen LogP contribution is -2.33. The van der Waals surface area contributed by atoms with Gasteiger partial charge in [0.2, 0.25) is 0 Å². The molecule has 0 aliphatic carbocycles. The Morgan fingerprint density at radius 1 is 1.00 bits per heavy atom. The van der Waals surface area contributed by atoms with Crippen LogP contribution in [0.5, 0.6) is 0 Å². The fraction of sp³-hybridized carbons (Fsp3) is 0.143. The fourth-order valence-corrected chi connectivity index (χ4v) is 3.74. The smallest absolute Gasteiger partial charge is 0.360 e. The number of amides is 2. The number of halogens is 2. The zero-order valence-electron chi connectivity index (χ0n) is 15.8. The molecule has 2 amide bonds. The molecule has 0 bridgehead atoms. The molecule has 0 radical (unpaired) electrons. The van der Waals surface area contributed by atoms with Gasteiger partial charge in [0.1, 0.15) is 11.3 Å². The van der Waals surface area contributed by atoms with E-state index in [1.165, 1.54) is 12.1 Å². The van der Waals surface area contributed by atoms with Crippen molar-refractivity contribution >= 4 is 41.0 Å². The molecule has 0 fully saturated rings. The van der Waals surface area contributed by atoms with Gasteiger partial charge in [-0.15, -0.1) is 0 Å². The van der Waals surface area contributed by atoms with Crippen LogP contribution in [0.15, 0.2) is 47.0 Å². The van der Waals surface area contributed by atoms with Crippen LogP contribution in [0.2, 0.25) is 10.0 Å². The molecule has 0 spiro atoms. The number of benzene rings is 2. The topological polar surface area (TPSA) is 89.7 Å². The first-order valence-electron chi connectivity index (χ1n) is 8.95. The molecule has 0 N–H and O–H groups in total. The molecule has 0 unspecified atom stereocenters. The lowest BCUT2D eigenvalue weighted by molar-refractivity contribution is -0.0585. The van der Waals surface area contributed by atoms with E-state index in [-0.39, 0.29) is 49.7 Å². The average Bonchev–Trinajstić information content (AvgIpc) is 3.24. The second kappa shape index (κ2) is 7.59. The summed E-state index contributed by atoms with van der Waals surface area (Å²) in [5.74, 6) is -2.49. The van der Waals surface area contributed by atoms with Gasteiger partial charge in [-0.05, 0) is 24.3 Å². The first-order valence-corrected chi connectivity index (χ1v) is 9.71. The minimum atomic E-state index is -0.986. The molecular weight excluding hydrogens is 431 g/mol. The molecule has 1 aliphatic heterocycles. The van der Waals surface area contributed by atoms with Gasteiger partial charge in [-0.25, -0.2) is 4.79 Å². The average molecular weight is 445 g/mol. The Labute approximate surface area is 181 Å². The second-order valence-corrected chi connectivity index (χ2v) is 7.67. The Balaban J connectivity index is 1.76. The van der Waals surface area contributed by atoms with Gasteiger partial charge in [0.15, 0.2) is 5.76 Å². The summed E-state index contributed by atoms with van der Waals surface area (Å²) in [6, 6.07) is 11.0. The lowest BCUT2D eigenvalue weighted by Gasteiger charge is -2.14. The first kappa shape index (κ1) is 20.1. The molecule has 152 valence electrons. The van der Waals surface area contributed by atoms with E-state index >= 15 is 0 Å². The number of fused-ring (bicyclic) bond motifs is 1. The molecule has 4 rings (SSSR count). The van der Waals surface area contributed by atoms with Gasteiger partial charge >= 0.3 is 5.97 Å². The number of aromatic nitrogens is 1. The maximum absolute atomic E-state index is 13.1. The molecule has 3 aromatic rings. The Kier molecular flexibility index (Phi) is 5.09. The SMILES string of the molecule is CC(C)c1onc(-c2c(Cl)cccc2Cl)c1C(=O)ON1C(=O)c2ccccc2C1=O. The summed E-state index contributed by atoms with van der Waals surface area (Å²) in [5.41, 5.74) is 0.594. The van der Waals surface area contributed by atoms with Crippen molar-refractivity contribution in [3.05, 3.63) is 75.0 Å². The highest BCUT2D eigenvalue weighted by atomic mass is 35.5. The fourth-order valence-electron chi connectivity index (χ4n) is 3.17. The Hall–Kier alpha value is -3.16. The highest BCUT2D eigenvalue weighted by Gasteiger charge is 2.40. The molecule has 30 heavy (non-hydrogen) atoms. The molecule has 7 nitrogen and oxygen atoms in total. The summed E-state index contributed by atoms with van der Waals surface area (Å²) in [6.45, 7) is 3.58. The molecule has 0 saturated carbocycles. The molecule has 0 atom stereocenters. The monoisotopic (exact) mass is 444 g/mol. The molecular formula is C21H14Cl2N2O5. The summed E-state index contributed by atoms with van der Waals surface area (Å²) in [4.78, 5) is 43.4. The summed E-state index contributed by atoms with van der Waals surface area (Å²) < 4.78 is 5.37. The van der Waals surface area contributed by atoms with Gasteiger partial charge in [-0.1, -0.05) is 65.5 Å². The normalized spacial score (nSPS) is 13.2. The molecule has 2 aromatic carbocycles. The van der Waals surface area contributed by atoms with Crippen LogP contribution in [0, 0.1) is 0 Å². The first-order chi connectivity index (χ1) is 14.3. The molecule has 9 heteroatoms. The number of nitrogens with zero attached hydrogens (tertiary/aromatic N) is 2. The van der Waals surface area contributed by atoms with Crippen LogP contribution in [0.3, 0.4) is 0 Å². The van der Waals surface area contributed by atoms with Gasteiger partial charge in [-0.2, -0.15) is 0 Å². The third-order valence-electron chi connectivity index (χ3n) is 4.58. The van der Waals surface area contributed by atoms with Crippen LogP contribution in [0.4, 0.5) is 0 Å². The van der Waals surface area contributed by atoms with Crippen LogP contribution >= 0.6 is 23.2 Å². The van der Waals surface area contributed by atoms with Crippen molar-refractivity contribution in [3.63, 3.8) is 0 Å². The standard InChI is InChI=1S/C21H14Cl2N2O5/c1-10(2)18-16(17(24-29-18)15-13(22)8-5-9-14(15)23)21(28)30-25-19(26)11-6-3-4-7-12(11)20(25)27/h3-10H,1-2H3. The molecule has 2 heterocycles. The Morgan fingerprint density at radius 3 is 2.10 bits per heavy atom. The highest BCUT2D eigenvalue weighted by Crippen LogP contribution is 2.39. The van der Waals surface area contributed by atoms with Crippen molar-refractivity contribution in [2.24, 2.45) is 0 Å². The van der Waals surface area contributed by atoms with E-state index in [9.17, 15) is 14.4 Å². The molecule has 0 saturated heterocycles. The van der Waals surface area contributed by atoms with E-state index < -0.39 is 17.8 Å². The number of hydroxylamine groups is 2. The van der Waals surface area contributed by atoms with Crippen molar-refractivity contribution in [2.45, 2.75) is 19.8 Å². The van der Waals surface area contributed by atoms with Crippen LogP contribution in [0.1, 0.15) is 56.6 Å². The molecule has 1 aliphatic rings. The highest BCUT2D eigenvalue weighted by molar-refractivity contribution is 6.39. The van der Waals surface area contributed by atoms with E-state index in [1.54, 1.807) is 44.2 Å². The van der Waals surface area contributed by atoms with Crippen LogP contribution in [-0.2, 0) is 4.84 Å².